The van der Waals surface area contributed by atoms with Crippen molar-refractivity contribution in [2.75, 3.05) is 6.61 Å². The molecule has 0 saturated carbocycles. The summed E-state index contributed by atoms with van der Waals surface area (Å²) in [5.74, 6) is -4.24. The fraction of sp³-hybridized carbons (Fsp3) is 0.312. The second-order valence-electron chi connectivity index (χ2n) is 5.26. The van der Waals surface area contributed by atoms with E-state index >= 15 is 0 Å². The van der Waals surface area contributed by atoms with Gasteiger partial charge in [-0.05, 0) is 32.9 Å². The Balaban J connectivity index is 2.91. The first-order valence-corrected chi connectivity index (χ1v) is 7.09. The highest BCUT2D eigenvalue weighted by Gasteiger charge is 2.22. The van der Waals surface area contributed by atoms with Gasteiger partial charge in [0.15, 0.2) is 6.61 Å². The third-order valence-corrected chi connectivity index (χ3v) is 2.83. The van der Waals surface area contributed by atoms with Crippen LogP contribution in [0.5, 0.6) is 0 Å². The SMILES string of the molecule is C/C(N)=C(\C(=O)OCC(=O)c1c(F)cccc1F)C(N)=NC(C)C. The van der Waals surface area contributed by atoms with Crippen LogP contribution in [-0.4, -0.2) is 30.2 Å². The van der Waals surface area contributed by atoms with E-state index in [1.165, 1.54) is 6.92 Å². The minimum atomic E-state index is -1.04. The van der Waals surface area contributed by atoms with E-state index < -0.39 is 35.6 Å². The fourth-order valence-electron chi connectivity index (χ4n) is 1.85. The molecule has 0 saturated heterocycles. The van der Waals surface area contributed by atoms with E-state index in [9.17, 15) is 18.4 Å². The summed E-state index contributed by atoms with van der Waals surface area (Å²) >= 11 is 0. The van der Waals surface area contributed by atoms with Crippen LogP contribution in [0.2, 0.25) is 0 Å². The Morgan fingerprint density at radius 1 is 1.21 bits per heavy atom. The molecule has 0 aliphatic rings. The van der Waals surface area contributed by atoms with Gasteiger partial charge in [-0.3, -0.25) is 9.79 Å². The number of benzene rings is 1. The number of nitrogens with two attached hydrogens (primary N) is 2. The van der Waals surface area contributed by atoms with Crippen molar-refractivity contribution in [3.63, 3.8) is 0 Å². The van der Waals surface area contributed by atoms with Crippen LogP contribution in [0.25, 0.3) is 0 Å². The van der Waals surface area contributed by atoms with Crippen molar-refractivity contribution in [1.82, 2.24) is 0 Å². The molecule has 0 aromatic heterocycles. The maximum absolute atomic E-state index is 13.5. The molecule has 0 atom stereocenters. The number of hydrogen-bond donors (Lipinski definition) is 2. The number of carbonyl (C=O) groups excluding carboxylic acids is 2. The number of amidine groups is 1. The smallest absolute Gasteiger partial charge is 0.344 e. The van der Waals surface area contributed by atoms with Gasteiger partial charge in [-0.2, -0.15) is 0 Å². The van der Waals surface area contributed by atoms with Gasteiger partial charge in [0.25, 0.3) is 0 Å². The van der Waals surface area contributed by atoms with E-state index in [2.05, 4.69) is 4.99 Å². The zero-order valence-electron chi connectivity index (χ0n) is 13.6. The molecule has 0 aliphatic carbocycles. The molecule has 0 fully saturated rings. The van der Waals surface area contributed by atoms with Crippen LogP contribution in [0.3, 0.4) is 0 Å². The van der Waals surface area contributed by atoms with Gasteiger partial charge in [0.05, 0.1) is 5.56 Å². The molecule has 4 N–H and O–H groups in total. The summed E-state index contributed by atoms with van der Waals surface area (Å²) in [5.41, 5.74) is 10.4. The number of ether oxygens (including phenoxy) is 1. The summed E-state index contributed by atoms with van der Waals surface area (Å²) < 4.78 is 31.8. The first-order valence-electron chi connectivity index (χ1n) is 7.09. The minimum absolute atomic E-state index is 0.0476. The van der Waals surface area contributed by atoms with Gasteiger partial charge in [0.2, 0.25) is 5.78 Å². The normalized spacial score (nSPS) is 12.8. The van der Waals surface area contributed by atoms with Crippen LogP contribution in [0.1, 0.15) is 31.1 Å². The molecule has 0 heterocycles. The summed E-state index contributed by atoms with van der Waals surface area (Å²) in [6.07, 6.45) is 0. The van der Waals surface area contributed by atoms with Crippen LogP contribution in [0.15, 0.2) is 34.5 Å². The molecule has 0 unspecified atom stereocenters. The van der Waals surface area contributed by atoms with Gasteiger partial charge in [-0.25, -0.2) is 13.6 Å². The Kier molecular flexibility index (Phi) is 6.58. The largest absolute Gasteiger partial charge is 0.454 e. The van der Waals surface area contributed by atoms with Crippen molar-refractivity contribution in [2.45, 2.75) is 26.8 Å². The zero-order valence-corrected chi connectivity index (χ0v) is 13.6. The average Bonchev–Trinajstić information content (AvgIpc) is 2.43. The number of esters is 1. The summed E-state index contributed by atoms with van der Waals surface area (Å²) in [7, 11) is 0. The third kappa shape index (κ3) is 4.87. The highest BCUT2D eigenvalue weighted by Crippen LogP contribution is 2.13. The number of rotatable bonds is 6. The van der Waals surface area contributed by atoms with Gasteiger partial charge in [0.1, 0.15) is 23.0 Å². The zero-order chi connectivity index (χ0) is 18.4. The van der Waals surface area contributed by atoms with Crippen LogP contribution < -0.4 is 11.5 Å². The topological polar surface area (TPSA) is 108 Å². The molecule has 1 rings (SSSR count). The number of ketones is 1. The van der Waals surface area contributed by atoms with Crippen LogP contribution >= 0.6 is 0 Å². The Bertz CT molecular complexity index is 688. The number of nitrogens with zero attached hydrogens (tertiary/aromatic N) is 1. The monoisotopic (exact) mass is 339 g/mol. The molecule has 1 aromatic rings. The third-order valence-electron chi connectivity index (χ3n) is 2.83. The Morgan fingerprint density at radius 3 is 2.21 bits per heavy atom. The molecule has 0 amide bonds. The molecule has 24 heavy (non-hydrogen) atoms. The molecule has 0 radical (unpaired) electrons. The molecule has 8 heteroatoms. The summed E-state index contributed by atoms with van der Waals surface area (Å²) in [6, 6.07) is 2.79. The molecular formula is C16H19F2N3O3. The number of carbonyl (C=O) groups is 2. The lowest BCUT2D eigenvalue weighted by molar-refractivity contribution is -0.137. The van der Waals surface area contributed by atoms with Crippen LogP contribution in [0, 0.1) is 11.6 Å². The second kappa shape index (κ2) is 8.19. The standard InChI is InChI=1S/C16H19F2N3O3/c1-8(2)21-15(20)13(9(3)19)16(23)24-7-12(22)14-10(17)5-4-6-11(14)18/h4-6,8H,7,19H2,1-3H3,(H2,20,21)/b13-9+. The summed E-state index contributed by atoms with van der Waals surface area (Å²) in [6.45, 7) is 4.04. The minimum Gasteiger partial charge on any atom is -0.454 e. The molecule has 0 bridgehead atoms. The number of Topliss-reactive ketones (excluding diaryl/α,β-unsaturated/α-hetero) is 1. The first kappa shape index (κ1) is 19.3. The van der Waals surface area contributed by atoms with Gasteiger partial charge in [-0.1, -0.05) is 6.07 Å². The Hall–Kier alpha value is -2.77. The first-order chi connectivity index (χ1) is 11.1. The van der Waals surface area contributed by atoms with Crippen LogP contribution in [-0.2, 0) is 9.53 Å². The Labute approximate surface area is 138 Å². The Morgan fingerprint density at radius 2 is 1.75 bits per heavy atom. The summed E-state index contributed by atoms with van der Waals surface area (Å²) in [4.78, 5) is 27.9. The van der Waals surface area contributed by atoms with Gasteiger partial charge in [-0.15, -0.1) is 0 Å². The van der Waals surface area contributed by atoms with E-state index in [-0.39, 0.29) is 23.1 Å². The van der Waals surface area contributed by atoms with Crippen molar-refractivity contribution >= 4 is 17.6 Å². The molecule has 0 spiro atoms. The lowest BCUT2D eigenvalue weighted by Gasteiger charge is -2.11. The van der Waals surface area contributed by atoms with Gasteiger partial charge >= 0.3 is 5.97 Å². The van der Waals surface area contributed by atoms with E-state index in [1.54, 1.807) is 13.8 Å². The summed E-state index contributed by atoms with van der Waals surface area (Å²) in [5, 5.41) is 0. The van der Waals surface area contributed by atoms with Crippen molar-refractivity contribution in [3.8, 4) is 0 Å². The van der Waals surface area contributed by atoms with Crippen molar-refractivity contribution < 1.29 is 23.1 Å². The predicted molar refractivity (Wildman–Crippen MR) is 85.3 cm³/mol. The maximum atomic E-state index is 13.5. The van der Waals surface area contributed by atoms with Gasteiger partial charge < -0.3 is 16.2 Å². The lowest BCUT2D eigenvalue weighted by Crippen LogP contribution is -2.28. The number of allylic oxidation sites excluding steroid dienone is 1. The molecular weight excluding hydrogens is 320 g/mol. The van der Waals surface area contributed by atoms with Crippen molar-refractivity contribution in [2.24, 2.45) is 16.5 Å². The predicted octanol–water partition coefficient (Wildman–Crippen LogP) is 1.69. The van der Waals surface area contributed by atoms with Crippen molar-refractivity contribution in [1.29, 1.82) is 0 Å². The highest BCUT2D eigenvalue weighted by atomic mass is 19.1. The molecule has 0 aliphatic heterocycles. The van der Waals surface area contributed by atoms with E-state index in [0.717, 1.165) is 18.2 Å². The van der Waals surface area contributed by atoms with Crippen molar-refractivity contribution in [3.05, 3.63) is 46.7 Å². The second-order valence-corrected chi connectivity index (χ2v) is 5.26. The molecule has 6 nitrogen and oxygen atoms in total. The number of hydrogen-bond acceptors (Lipinski definition) is 5. The number of aliphatic imine (C=N–C) groups is 1. The van der Waals surface area contributed by atoms with E-state index in [4.69, 9.17) is 16.2 Å². The molecule has 1 aromatic carbocycles. The highest BCUT2D eigenvalue weighted by molar-refractivity contribution is 6.19. The van der Waals surface area contributed by atoms with Gasteiger partial charge in [0, 0.05) is 11.7 Å². The number of halogens is 2. The van der Waals surface area contributed by atoms with Crippen LogP contribution in [0.4, 0.5) is 8.78 Å². The lowest BCUT2D eigenvalue weighted by atomic mass is 10.1. The fourth-order valence-corrected chi connectivity index (χ4v) is 1.85. The maximum Gasteiger partial charge on any atom is 0.344 e. The quantitative estimate of drug-likeness (QED) is 0.270. The average molecular weight is 339 g/mol. The van der Waals surface area contributed by atoms with E-state index in [1.807, 2.05) is 0 Å². The molecule has 130 valence electrons. The van der Waals surface area contributed by atoms with E-state index in [0.29, 0.717) is 0 Å².